The van der Waals surface area contributed by atoms with Crippen LogP contribution in [0.2, 0.25) is 0 Å². The lowest BCUT2D eigenvalue weighted by Crippen LogP contribution is -2.28. The maximum absolute atomic E-state index is 12.2. The maximum atomic E-state index is 12.2. The number of carbonyl (C=O) groups is 1. The summed E-state index contributed by atoms with van der Waals surface area (Å²) in [5.41, 5.74) is 1.76. The Balaban J connectivity index is 1.81. The minimum absolute atomic E-state index is 0.0989. The molecule has 0 atom stereocenters. The highest BCUT2D eigenvalue weighted by Crippen LogP contribution is 2.22. The van der Waals surface area contributed by atoms with Crippen molar-refractivity contribution in [3.63, 3.8) is 0 Å². The largest absolute Gasteiger partial charge is 0.497 e. The molecule has 4 nitrogen and oxygen atoms in total. The third kappa shape index (κ3) is 4.99. The Morgan fingerprint density at radius 2 is 1.96 bits per heavy atom. The zero-order valence-corrected chi connectivity index (χ0v) is 15.0. The Kier molecular flexibility index (Phi) is 6.47. The lowest BCUT2D eigenvalue weighted by Gasteiger charge is -2.19. The van der Waals surface area contributed by atoms with Gasteiger partial charge in [-0.15, -0.1) is 0 Å². The van der Waals surface area contributed by atoms with Gasteiger partial charge >= 0.3 is 0 Å². The van der Waals surface area contributed by atoms with Crippen LogP contribution in [0.15, 0.2) is 53.0 Å². The fourth-order valence-corrected chi connectivity index (χ4v) is 2.66. The van der Waals surface area contributed by atoms with Gasteiger partial charge in [0.15, 0.2) is 0 Å². The molecule has 0 aliphatic rings. The van der Waals surface area contributed by atoms with Crippen LogP contribution in [0.25, 0.3) is 0 Å². The van der Waals surface area contributed by atoms with Crippen molar-refractivity contribution in [2.45, 2.75) is 6.42 Å². The molecule has 0 saturated heterocycles. The van der Waals surface area contributed by atoms with Crippen molar-refractivity contribution < 1.29 is 9.53 Å². The maximum Gasteiger partial charge on any atom is 0.252 e. The van der Waals surface area contributed by atoms with Crippen LogP contribution in [0.5, 0.6) is 5.75 Å². The van der Waals surface area contributed by atoms with Crippen LogP contribution in [0.3, 0.4) is 0 Å². The average Bonchev–Trinajstić information content (AvgIpc) is 2.59. The van der Waals surface area contributed by atoms with Crippen LogP contribution in [0.4, 0.5) is 5.69 Å². The predicted octanol–water partition coefficient (Wildman–Crippen LogP) is 3.71. The Labute approximate surface area is 145 Å². The second-order valence-electron chi connectivity index (χ2n) is 5.21. The molecule has 23 heavy (non-hydrogen) atoms. The van der Waals surface area contributed by atoms with E-state index in [-0.39, 0.29) is 5.91 Å². The van der Waals surface area contributed by atoms with Gasteiger partial charge < -0.3 is 15.0 Å². The monoisotopic (exact) mass is 376 g/mol. The number of amides is 1. The Hall–Kier alpha value is -2.01. The van der Waals surface area contributed by atoms with Crippen molar-refractivity contribution in [2.24, 2.45) is 0 Å². The number of hydrogen-bond donors (Lipinski definition) is 1. The Morgan fingerprint density at radius 3 is 2.65 bits per heavy atom. The molecular formula is C18H21BrN2O2. The lowest BCUT2D eigenvalue weighted by molar-refractivity contribution is 0.0952. The van der Waals surface area contributed by atoms with Gasteiger partial charge in [-0.1, -0.05) is 18.2 Å². The number of benzene rings is 2. The van der Waals surface area contributed by atoms with E-state index in [0.717, 1.165) is 17.4 Å². The van der Waals surface area contributed by atoms with Crippen LogP contribution in [0, 0.1) is 0 Å². The van der Waals surface area contributed by atoms with Gasteiger partial charge in [0.2, 0.25) is 0 Å². The van der Waals surface area contributed by atoms with E-state index >= 15 is 0 Å². The van der Waals surface area contributed by atoms with E-state index in [2.05, 4.69) is 45.3 Å². The van der Waals surface area contributed by atoms with Gasteiger partial charge in [-0.25, -0.2) is 0 Å². The smallest absolute Gasteiger partial charge is 0.252 e. The first-order valence-corrected chi connectivity index (χ1v) is 8.29. The summed E-state index contributed by atoms with van der Waals surface area (Å²) >= 11 is 3.40. The first-order valence-electron chi connectivity index (χ1n) is 7.49. The van der Waals surface area contributed by atoms with Gasteiger partial charge in [-0.05, 0) is 52.7 Å². The highest BCUT2D eigenvalue weighted by molar-refractivity contribution is 9.10. The van der Waals surface area contributed by atoms with Crippen molar-refractivity contribution in [2.75, 3.05) is 32.1 Å². The fraction of sp³-hybridized carbons (Fsp3) is 0.278. The number of ether oxygens (including phenoxy) is 1. The van der Waals surface area contributed by atoms with E-state index in [9.17, 15) is 4.79 Å². The molecule has 1 amide bonds. The molecule has 2 aromatic carbocycles. The number of methoxy groups -OCH3 is 1. The standard InChI is InChI=1S/C18H21BrN2O2/c1-21(14-7-4-3-5-8-14)12-6-11-20-18(22)16-13-15(23-2)9-10-17(16)19/h3-5,7-10,13H,6,11-12H2,1-2H3,(H,20,22). The van der Waals surface area contributed by atoms with Gasteiger partial charge in [0, 0.05) is 30.3 Å². The first-order chi connectivity index (χ1) is 11.1. The van der Waals surface area contributed by atoms with Crippen LogP contribution in [-0.2, 0) is 0 Å². The second-order valence-corrected chi connectivity index (χ2v) is 6.07. The first kappa shape index (κ1) is 17.3. The Bertz CT molecular complexity index is 647. The summed E-state index contributed by atoms with van der Waals surface area (Å²) in [5.74, 6) is 0.570. The number of nitrogens with zero attached hydrogens (tertiary/aromatic N) is 1. The third-order valence-electron chi connectivity index (χ3n) is 3.57. The number of rotatable bonds is 7. The molecule has 0 saturated carbocycles. The van der Waals surface area contributed by atoms with E-state index in [1.165, 1.54) is 5.69 Å². The minimum atomic E-state index is -0.0989. The summed E-state index contributed by atoms with van der Waals surface area (Å²) in [7, 11) is 3.64. The SMILES string of the molecule is COc1ccc(Br)c(C(=O)NCCCN(C)c2ccccc2)c1. The predicted molar refractivity (Wildman–Crippen MR) is 97.4 cm³/mol. The van der Waals surface area contributed by atoms with Crippen molar-refractivity contribution >= 4 is 27.5 Å². The molecule has 0 aromatic heterocycles. The molecule has 1 N–H and O–H groups in total. The quantitative estimate of drug-likeness (QED) is 0.748. The normalized spacial score (nSPS) is 10.2. The number of nitrogens with one attached hydrogen (secondary N) is 1. The van der Waals surface area contributed by atoms with Gasteiger partial charge in [0.05, 0.1) is 12.7 Å². The van der Waals surface area contributed by atoms with Crippen molar-refractivity contribution in [3.05, 3.63) is 58.6 Å². The number of anilines is 1. The van der Waals surface area contributed by atoms with E-state index in [1.807, 2.05) is 30.3 Å². The molecule has 0 fully saturated rings. The van der Waals surface area contributed by atoms with Crippen molar-refractivity contribution in [3.8, 4) is 5.75 Å². The zero-order chi connectivity index (χ0) is 16.7. The molecule has 0 bridgehead atoms. The molecule has 0 aliphatic heterocycles. The molecule has 2 rings (SSSR count). The summed E-state index contributed by atoms with van der Waals surface area (Å²) in [6.45, 7) is 1.50. The summed E-state index contributed by atoms with van der Waals surface area (Å²) in [6.07, 6.45) is 0.874. The summed E-state index contributed by atoms with van der Waals surface area (Å²) in [4.78, 5) is 14.4. The summed E-state index contributed by atoms with van der Waals surface area (Å²) in [6, 6.07) is 15.6. The number of halogens is 1. The van der Waals surface area contributed by atoms with Gasteiger partial charge in [-0.3, -0.25) is 4.79 Å². The van der Waals surface area contributed by atoms with E-state index in [4.69, 9.17) is 4.74 Å². The van der Waals surface area contributed by atoms with Gasteiger partial charge in [0.1, 0.15) is 5.75 Å². The van der Waals surface area contributed by atoms with Gasteiger partial charge in [-0.2, -0.15) is 0 Å². The molecule has 0 aliphatic carbocycles. The third-order valence-corrected chi connectivity index (χ3v) is 4.26. The number of para-hydroxylation sites is 1. The van der Waals surface area contributed by atoms with Crippen LogP contribution in [0.1, 0.15) is 16.8 Å². The van der Waals surface area contributed by atoms with Crippen LogP contribution < -0.4 is 15.0 Å². The zero-order valence-electron chi connectivity index (χ0n) is 13.4. The molecule has 0 heterocycles. The molecule has 5 heteroatoms. The average molecular weight is 377 g/mol. The molecule has 0 radical (unpaired) electrons. The fourth-order valence-electron chi connectivity index (χ4n) is 2.23. The molecule has 0 unspecified atom stereocenters. The van der Waals surface area contributed by atoms with E-state index < -0.39 is 0 Å². The van der Waals surface area contributed by atoms with Crippen molar-refractivity contribution in [1.29, 1.82) is 0 Å². The summed E-state index contributed by atoms with van der Waals surface area (Å²) < 4.78 is 5.92. The van der Waals surface area contributed by atoms with E-state index in [0.29, 0.717) is 17.9 Å². The lowest BCUT2D eigenvalue weighted by atomic mass is 10.2. The topological polar surface area (TPSA) is 41.6 Å². The molecule has 0 spiro atoms. The molecular weight excluding hydrogens is 356 g/mol. The van der Waals surface area contributed by atoms with Crippen LogP contribution >= 0.6 is 15.9 Å². The van der Waals surface area contributed by atoms with Gasteiger partial charge in [0.25, 0.3) is 5.91 Å². The molecule has 2 aromatic rings. The summed E-state index contributed by atoms with van der Waals surface area (Å²) in [5, 5.41) is 2.95. The highest BCUT2D eigenvalue weighted by Gasteiger charge is 2.11. The molecule has 122 valence electrons. The van der Waals surface area contributed by atoms with Crippen LogP contribution in [-0.4, -0.2) is 33.2 Å². The number of carbonyl (C=O) groups excluding carboxylic acids is 1. The Morgan fingerprint density at radius 1 is 1.22 bits per heavy atom. The second kappa shape index (κ2) is 8.58. The number of hydrogen-bond acceptors (Lipinski definition) is 3. The van der Waals surface area contributed by atoms with E-state index in [1.54, 1.807) is 13.2 Å². The highest BCUT2D eigenvalue weighted by atomic mass is 79.9. The van der Waals surface area contributed by atoms with Crippen molar-refractivity contribution in [1.82, 2.24) is 5.32 Å². The minimum Gasteiger partial charge on any atom is -0.497 e.